The molecule has 1 N–H and O–H groups in total. The molecule has 0 saturated carbocycles. The van der Waals surface area contributed by atoms with Gasteiger partial charge in [-0.3, -0.25) is 4.79 Å². The maximum absolute atomic E-state index is 10.6. The third-order valence-corrected chi connectivity index (χ3v) is 3.07. The van der Waals surface area contributed by atoms with Gasteiger partial charge in [0.1, 0.15) is 5.82 Å². The van der Waals surface area contributed by atoms with Crippen molar-refractivity contribution in [1.82, 2.24) is 9.97 Å². The van der Waals surface area contributed by atoms with Crippen molar-refractivity contribution in [3.05, 3.63) is 47.4 Å². The number of aliphatic carboxylic acids is 1. The third kappa shape index (κ3) is 3.37. The van der Waals surface area contributed by atoms with E-state index in [1.165, 1.54) is 11.1 Å². The number of aromatic nitrogens is 2. The Balaban J connectivity index is 2.27. The molecule has 19 heavy (non-hydrogen) atoms. The lowest BCUT2D eigenvalue weighted by Crippen LogP contribution is -2.02. The van der Waals surface area contributed by atoms with Crippen molar-refractivity contribution in [1.29, 1.82) is 0 Å². The summed E-state index contributed by atoms with van der Waals surface area (Å²) in [6.45, 7) is 4.13. The Morgan fingerprint density at radius 2 is 2.00 bits per heavy atom. The van der Waals surface area contributed by atoms with Crippen LogP contribution >= 0.6 is 0 Å². The number of benzene rings is 1. The molecule has 0 amide bonds. The smallest absolute Gasteiger partial charge is 0.303 e. The van der Waals surface area contributed by atoms with Crippen LogP contribution < -0.4 is 0 Å². The predicted octanol–water partition coefficient (Wildman–Crippen LogP) is 2.78. The van der Waals surface area contributed by atoms with Crippen molar-refractivity contribution in [3.8, 4) is 11.3 Å². The highest BCUT2D eigenvalue weighted by Crippen LogP contribution is 2.20. The Morgan fingerprint density at radius 3 is 2.68 bits per heavy atom. The van der Waals surface area contributed by atoms with Gasteiger partial charge in [-0.15, -0.1) is 0 Å². The maximum atomic E-state index is 10.6. The molecular weight excluding hydrogens is 240 g/mol. The molecule has 2 rings (SSSR count). The first-order valence-electron chi connectivity index (χ1n) is 6.17. The zero-order chi connectivity index (χ0) is 13.8. The Bertz CT molecular complexity index is 609. The Labute approximate surface area is 112 Å². The fourth-order valence-corrected chi connectivity index (χ4v) is 1.80. The minimum atomic E-state index is -0.833. The van der Waals surface area contributed by atoms with E-state index in [0.717, 1.165) is 11.3 Å². The van der Waals surface area contributed by atoms with Crippen LogP contribution in [-0.2, 0) is 11.2 Å². The maximum Gasteiger partial charge on any atom is 0.303 e. The molecule has 0 aliphatic heterocycles. The molecule has 0 spiro atoms. The van der Waals surface area contributed by atoms with Gasteiger partial charge in [0, 0.05) is 18.2 Å². The average Bonchev–Trinajstić information content (AvgIpc) is 2.40. The molecule has 0 atom stereocenters. The van der Waals surface area contributed by atoms with Crippen molar-refractivity contribution in [2.45, 2.75) is 26.7 Å². The van der Waals surface area contributed by atoms with Gasteiger partial charge in [0.25, 0.3) is 0 Å². The molecule has 0 bridgehead atoms. The molecule has 4 nitrogen and oxygen atoms in total. The highest BCUT2D eigenvalue weighted by atomic mass is 16.4. The third-order valence-electron chi connectivity index (χ3n) is 3.07. The summed E-state index contributed by atoms with van der Waals surface area (Å²) in [7, 11) is 0. The summed E-state index contributed by atoms with van der Waals surface area (Å²) in [5.74, 6) is -0.265. The largest absolute Gasteiger partial charge is 0.481 e. The van der Waals surface area contributed by atoms with E-state index in [0.29, 0.717) is 12.2 Å². The quantitative estimate of drug-likeness (QED) is 0.913. The molecule has 0 saturated heterocycles. The SMILES string of the molecule is Cc1ccc(-c2ccnc(CCC(=O)O)n2)cc1C. The lowest BCUT2D eigenvalue weighted by atomic mass is 10.0. The van der Waals surface area contributed by atoms with Gasteiger partial charge in [-0.1, -0.05) is 12.1 Å². The van der Waals surface area contributed by atoms with Crippen molar-refractivity contribution >= 4 is 5.97 Å². The summed E-state index contributed by atoms with van der Waals surface area (Å²) >= 11 is 0. The summed E-state index contributed by atoms with van der Waals surface area (Å²) in [6, 6.07) is 8.00. The van der Waals surface area contributed by atoms with E-state index >= 15 is 0 Å². The number of carboxylic acids is 1. The summed E-state index contributed by atoms with van der Waals surface area (Å²) in [5.41, 5.74) is 4.31. The zero-order valence-corrected chi connectivity index (χ0v) is 11.1. The van der Waals surface area contributed by atoms with Crippen molar-refractivity contribution in [3.63, 3.8) is 0 Å². The molecule has 98 valence electrons. The van der Waals surface area contributed by atoms with Crippen LogP contribution in [0.4, 0.5) is 0 Å². The lowest BCUT2D eigenvalue weighted by Gasteiger charge is -2.06. The van der Waals surface area contributed by atoms with Gasteiger partial charge in [0.2, 0.25) is 0 Å². The van der Waals surface area contributed by atoms with Crippen LogP contribution in [0.2, 0.25) is 0 Å². The number of carboxylic acid groups (broad SMARTS) is 1. The highest BCUT2D eigenvalue weighted by Gasteiger charge is 2.05. The molecule has 0 aliphatic carbocycles. The predicted molar refractivity (Wildman–Crippen MR) is 72.9 cm³/mol. The van der Waals surface area contributed by atoms with Gasteiger partial charge in [0.15, 0.2) is 0 Å². The first-order chi connectivity index (χ1) is 9.06. The normalized spacial score (nSPS) is 10.4. The average molecular weight is 256 g/mol. The molecule has 0 unspecified atom stereocenters. The second-order valence-electron chi connectivity index (χ2n) is 4.55. The van der Waals surface area contributed by atoms with E-state index in [4.69, 9.17) is 5.11 Å². The Kier molecular flexibility index (Phi) is 3.90. The van der Waals surface area contributed by atoms with E-state index in [2.05, 4.69) is 35.9 Å². The van der Waals surface area contributed by atoms with Crippen LogP contribution in [0.15, 0.2) is 30.5 Å². The minimum Gasteiger partial charge on any atom is -0.481 e. The van der Waals surface area contributed by atoms with Crippen LogP contribution in [-0.4, -0.2) is 21.0 Å². The second kappa shape index (κ2) is 5.61. The van der Waals surface area contributed by atoms with E-state index in [-0.39, 0.29) is 6.42 Å². The summed E-state index contributed by atoms with van der Waals surface area (Å²) in [6.07, 6.45) is 2.08. The Morgan fingerprint density at radius 1 is 1.21 bits per heavy atom. The van der Waals surface area contributed by atoms with Gasteiger partial charge in [-0.25, -0.2) is 9.97 Å². The summed E-state index contributed by atoms with van der Waals surface area (Å²) < 4.78 is 0. The van der Waals surface area contributed by atoms with Gasteiger partial charge in [0.05, 0.1) is 12.1 Å². The fraction of sp³-hybridized carbons (Fsp3) is 0.267. The van der Waals surface area contributed by atoms with Gasteiger partial charge in [-0.05, 0) is 37.1 Å². The first-order valence-corrected chi connectivity index (χ1v) is 6.17. The lowest BCUT2D eigenvalue weighted by molar-refractivity contribution is -0.137. The van der Waals surface area contributed by atoms with E-state index in [9.17, 15) is 4.79 Å². The molecule has 1 aromatic heterocycles. The number of hydrogen-bond acceptors (Lipinski definition) is 3. The van der Waals surface area contributed by atoms with Crippen LogP contribution in [0.3, 0.4) is 0 Å². The Hall–Kier alpha value is -2.23. The van der Waals surface area contributed by atoms with Gasteiger partial charge >= 0.3 is 5.97 Å². The monoisotopic (exact) mass is 256 g/mol. The zero-order valence-electron chi connectivity index (χ0n) is 11.1. The molecule has 4 heteroatoms. The molecule has 0 fully saturated rings. The van der Waals surface area contributed by atoms with Crippen molar-refractivity contribution in [2.75, 3.05) is 0 Å². The summed E-state index contributed by atoms with van der Waals surface area (Å²) in [5, 5.41) is 8.67. The van der Waals surface area contributed by atoms with E-state index in [1.54, 1.807) is 6.20 Å². The van der Waals surface area contributed by atoms with Crippen LogP contribution in [0.1, 0.15) is 23.4 Å². The van der Waals surface area contributed by atoms with Crippen molar-refractivity contribution < 1.29 is 9.90 Å². The first kappa shape index (κ1) is 13.2. The molecule has 1 heterocycles. The number of rotatable bonds is 4. The van der Waals surface area contributed by atoms with E-state index in [1.807, 2.05) is 12.1 Å². The highest BCUT2D eigenvalue weighted by molar-refractivity contribution is 5.67. The number of hydrogen-bond donors (Lipinski definition) is 1. The molecule has 0 radical (unpaired) electrons. The minimum absolute atomic E-state index is 0.0520. The van der Waals surface area contributed by atoms with Gasteiger partial charge in [-0.2, -0.15) is 0 Å². The molecule has 2 aromatic rings. The van der Waals surface area contributed by atoms with Crippen LogP contribution in [0, 0.1) is 13.8 Å². The number of aryl methyl sites for hydroxylation is 3. The van der Waals surface area contributed by atoms with Crippen LogP contribution in [0.25, 0.3) is 11.3 Å². The second-order valence-corrected chi connectivity index (χ2v) is 4.55. The van der Waals surface area contributed by atoms with E-state index < -0.39 is 5.97 Å². The number of nitrogens with zero attached hydrogens (tertiary/aromatic N) is 2. The van der Waals surface area contributed by atoms with Crippen molar-refractivity contribution in [2.24, 2.45) is 0 Å². The van der Waals surface area contributed by atoms with Crippen LogP contribution in [0.5, 0.6) is 0 Å². The molecule has 0 aliphatic rings. The fourth-order valence-electron chi connectivity index (χ4n) is 1.80. The topological polar surface area (TPSA) is 63.1 Å². The summed E-state index contributed by atoms with van der Waals surface area (Å²) in [4.78, 5) is 19.1. The van der Waals surface area contributed by atoms with Gasteiger partial charge < -0.3 is 5.11 Å². The number of carbonyl (C=O) groups is 1. The standard InChI is InChI=1S/C15H16N2O2/c1-10-3-4-12(9-11(10)2)13-7-8-16-14(17-13)5-6-15(18)19/h3-4,7-9H,5-6H2,1-2H3,(H,18,19). The molecule has 1 aromatic carbocycles. The molecular formula is C15H16N2O2.